The van der Waals surface area contributed by atoms with Gasteiger partial charge in [0.2, 0.25) is 0 Å². The van der Waals surface area contributed by atoms with Crippen LogP contribution in [-0.2, 0) is 0 Å². The molecule has 122 valence electrons. The highest BCUT2D eigenvalue weighted by atomic mass is 16.3. The number of rotatable bonds is 15. The normalized spacial score (nSPS) is 14.4. The van der Waals surface area contributed by atoms with Crippen molar-refractivity contribution in [2.24, 2.45) is 0 Å². The molecule has 0 spiro atoms. The number of hydrogen-bond donors (Lipinski definition) is 2. The van der Waals surface area contributed by atoms with Crippen LogP contribution in [-0.4, -0.2) is 22.4 Å². The van der Waals surface area contributed by atoms with E-state index in [0.717, 1.165) is 38.5 Å². The zero-order valence-corrected chi connectivity index (χ0v) is 13.9. The zero-order chi connectivity index (χ0) is 15.1. The Hall–Kier alpha value is -0.0800. The van der Waals surface area contributed by atoms with Gasteiger partial charge in [-0.1, -0.05) is 78.1 Å². The Balaban J connectivity index is 3.17. The van der Waals surface area contributed by atoms with E-state index in [-0.39, 0.29) is 12.2 Å². The Morgan fingerprint density at radius 3 is 1.40 bits per heavy atom. The van der Waals surface area contributed by atoms with E-state index in [1.54, 1.807) is 0 Å². The molecule has 0 rings (SSSR count). The fourth-order valence-electron chi connectivity index (χ4n) is 2.62. The van der Waals surface area contributed by atoms with Crippen LogP contribution in [0.15, 0.2) is 0 Å². The van der Waals surface area contributed by atoms with Crippen molar-refractivity contribution in [3.63, 3.8) is 0 Å². The van der Waals surface area contributed by atoms with Crippen LogP contribution in [0.3, 0.4) is 0 Å². The third kappa shape index (κ3) is 14.3. The summed E-state index contributed by atoms with van der Waals surface area (Å²) in [6.07, 6.45) is 16.1. The van der Waals surface area contributed by atoms with Gasteiger partial charge < -0.3 is 10.2 Å². The molecule has 2 nitrogen and oxygen atoms in total. The van der Waals surface area contributed by atoms with Gasteiger partial charge in [0.1, 0.15) is 0 Å². The molecule has 0 amide bonds. The smallest absolute Gasteiger partial charge is 0.0540 e. The van der Waals surface area contributed by atoms with Gasteiger partial charge in [-0.25, -0.2) is 0 Å². The highest BCUT2D eigenvalue weighted by molar-refractivity contribution is 4.58. The van der Waals surface area contributed by atoms with Crippen LogP contribution >= 0.6 is 0 Å². The van der Waals surface area contributed by atoms with E-state index in [1.807, 2.05) is 6.92 Å². The van der Waals surface area contributed by atoms with E-state index < -0.39 is 0 Å². The average molecular weight is 286 g/mol. The highest BCUT2D eigenvalue weighted by Crippen LogP contribution is 2.14. The standard InChI is InChI=1S/C18H38O2/c1-3-5-6-8-12-15-18(20)16-13-10-7-9-11-14-17(19)4-2/h17-20H,3-16H2,1-2H3. The molecule has 0 bridgehead atoms. The first-order valence-corrected chi connectivity index (χ1v) is 9.06. The second-order valence-electron chi connectivity index (χ2n) is 6.26. The van der Waals surface area contributed by atoms with E-state index in [2.05, 4.69) is 6.92 Å². The topological polar surface area (TPSA) is 40.5 Å². The predicted octanol–water partition coefficient (Wildman–Crippen LogP) is 5.21. The molecule has 0 aromatic carbocycles. The molecule has 2 N–H and O–H groups in total. The van der Waals surface area contributed by atoms with Gasteiger partial charge in [0.05, 0.1) is 12.2 Å². The van der Waals surface area contributed by atoms with Gasteiger partial charge in [-0.2, -0.15) is 0 Å². The molecule has 0 aliphatic carbocycles. The molecule has 0 aliphatic heterocycles. The number of unbranched alkanes of at least 4 members (excludes halogenated alkanes) is 8. The molecule has 20 heavy (non-hydrogen) atoms. The maximum Gasteiger partial charge on any atom is 0.0540 e. The quantitative estimate of drug-likeness (QED) is 0.406. The van der Waals surface area contributed by atoms with Crippen molar-refractivity contribution in [3.8, 4) is 0 Å². The molecule has 0 radical (unpaired) electrons. The van der Waals surface area contributed by atoms with Crippen molar-refractivity contribution >= 4 is 0 Å². The third-order valence-corrected chi connectivity index (χ3v) is 4.19. The van der Waals surface area contributed by atoms with Crippen LogP contribution in [0.1, 0.15) is 104 Å². The molecule has 0 heterocycles. The molecule has 0 saturated carbocycles. The van der Waals surface area contributed by atoms with Crippen molar-refractivity contribution < 1.29 is 10.2 Å². The summed E-state index contributed by atoms with van der Waals surface area (Å²) in [6.45, 7) is 4.27. The second-order valence-corrected chi connectivity index (χ2v) is 6.26. The first-order chi connectivity index (χ1) is 9.70. The van der Waals surface area contributed by atoms with Crippen molar-refractivity contribution in [1.82, 2.24) is 0 Å². The van der Waals surface area contributed by atoms with Gasteiger partial charge in [-0.3, -0.25) is 0 Å². The van der Waals surface area contributed by atoms with E-state index in [0.29, 0.717) is 0 Å². The Labute approximate surface area is 127 Å². The minimum atomic E-state index is -0.0930. The van der Waals surface area contributed by atoms with Gasteiger partial charge in [-0.15, -0.1) is 0 Å². The first kappa shape index (κ1) is 19.9. The molecule has 0 aromatic rings. The van der Waals surface area contributed by atoms with Gasteiger partial charge in [0, 0.05) is 0 Å². The lowest BCUT2D eigenvalue weighted by atomic mass is 10.0. The lowest BCUT2D eigenvalue weighted by molar-refractivity contribution is 0.146. The van der Waals surface area contributed by atoms with Crippen molar-refractivity contribution in [3.05, 3.63) is 0 Å². The lowest BCUT2D eigenvalue weighted by Crippen LogP contribution is -2.06. The highest BCUT2D eigenvalue weighted by Gasteiger charge is 2.04. The monoisotopic (exact) mass is 286 g/mol. The van der Waals surface area contributed by atoms with Crippen LogP contribution in [0.2, 0.25) is 0 Å². The predicted molar refractivity (Wildman–Crippen MR) is 88.0 cm³/mol. The van der Waals surface area contributed by atoms with E-state index >= 15 is 0 Å². The molecular weight excluding hydrogens is 248 g/mol. The SMILES string of the molecule is CCCCCCCC(O)CCCCCCCC(O)CC. The fourth-order valence-corrected chi connectivity index (χ4v) is 2.62. The minimum Gasteiger partial charge on any atom is -0.393 e. The molecule has 0 fully saturated rings. The van der Waals surface area contributed by atoms with Crippen molar-refractivity contribution in [2.75, 3.05) is 0 Å². The summed E-state index contributed by atoms with van der Waals surface area (Å²) in [5.74, 6) is 0. The van der Waals surface area contributed by atoms with Gasteiger partial charge in [0.25, 0.3) is 0 Å². The van der Waals surface area contributed by atoms with Crippen LogP contribution in [0.4, 0.5) is 0 Å². The fraction of sp³-hybridized carbons (Fsp3) is 1.00. The average Bonchev–Trinajstić information content (AvgIpc) is 2.45. The van der Waals surface area contributed by atoms with E-state index in [4.69, 9.17) is 0 Å². The van der Waals surface area contributed by atoms with Crippen molar-refractivity contribution in [1.29, 1.82) is 0 Å². The Morgan fingerprint density at radius 1 is 0.550 bits per heavy atom. The Morgan fingerprint density at radius 2 is 0.950 bits per heavy atom. The van der Waals surface area contributed by atoms with Gasteiger partial charge in [0.15, 0.2) is 0 Å². The molecule has 2 atom stereocenters. The number of hydrogen-bond acceptors (Lipinski definition) is 2. The molecule has 2 heteroatoms. The summed E-state index contributed by atoms with van der Waals surface area (Å²) in [5.41, 5.74) is 0. The van der Waals surface area contributed by atoms with Crippen LogP contribution in [0.25, 0.3) is 0 Å². The second kappa shape index (κ2) is 15.3. The first-order valence-electron chi connectivity index (χ1n) is 9.06. The molecule has 2 unspecified atom stereocenters. The van der Waals surface area contributed by atoms with Gasteiger partial charge in [-0.05, 0) is 25.7 Å². The number of aliphatic hydroxyl groups is 2. The third-order valence-electron chi connectivity index (χ3n) is 4.19. The Bertz CT molecular complexity index is 182. The largest absolute Gasteiger partial charge is 0.393 e. The summed E-state index contributed by atoms with van der Waals surface area (Å²) in [4.78, 5) is 0. The maximum atomic E-state index is 9.88. The minimum absolute atomic E-state index is 0.0708. The molecule has 0 aliphatic rings. The summed E-state index contributed by atoms with van der Waals surface area (Å²) in [5, 5.41) is 19.3. The molecule has 0 saturated heterocycles. The summed E-state index contributed by atoms with van der Waals surface area (Å²) in [6, 6.07) is 0. The Kier molecular flexibility index (Phi) is 15.3. The van der Waals surface area contributed by atoms with Crippen LogP contribution < -0.4 is 0 Å². The van der Waals surface area contributed by atoms with E-state index in [9.17, 15) is 10.2 Å². The van der Waals surface area contributed by atoms with E-state index in [1.165, 1.54) is 51.4 Å². The van der Waals surface area contributed by atoms with Crippen LogP contribution in [0, 0.1) is 0 Å². The molecular formula is C18H38O2. The number of aliphatic hydroxyl groups excluding tert-OH is 2. The maximum absolute atomic E-state index is 9.88. The summed E-state index contributed by atoms with van der Waals surface area (Å²) in [7, 11) is 0. The van der Waals surface area contributed by atoms with Crippen molar-refractivity contribution in [2.45, 2.75) is 116 Å². The summed E-state index contributed by atoms with van der Waals surface area (Å²) < 4.78 is 0. The molecule has 0 aromatic heterocycles. The lowest BCUT2D eigenvalue weighted by Gasteiger charge is -2.10. The summed E-state index contributed by atoms with van der Waals surface area (Å²) >= 11 is 0. The van der Waals surface area contributed by atoms with Crippen LogP contribution in [0.5, 0.6) is 0 Å². The van der Waals surface area contributed by atoms with Gasteiger partial charge >= 0.3 is 0 Å². The zero-order valence-electron chi connectivity index (χ0n) is 13.9.